The minimum atomic E-state index is -4.23. The second kappa shape index (κ2) is 25.3. The van der Waals surface area contributed by atoms with Crippen molar-refractivity contribution in [1.29, 1.82) is 0 Å². The predicted octanol–water partition coefficient (Wildman–Crippen LogP) is 8.05. The number of esters is 2. The van der Waals surface area contributed by atoms with Crippen molar-refractivity contribution < 1.29 is 37.6 Å². The summed E-state index contributed by atoms with van der Waals surface area (Å²) in [5, 5.41) is 0. The van der Waals surface area contributed by atoms with Crippen LogP contribution in [0.5, 0.6) is 0 Å². The maximum atomic E-state index is 12.3. The van der Waals surface area contributed by atoms with E-state index < -0.39 is 26.5 Å². The molecule has 0 radical (unpaired) electrons. The Morgan fingerprint density at radius 1 is 0.649 bits per heavy atom. The lowest BCUT2D eigenvalue weighted by Gasteiger charge is -2.19. The number of rotatable bonds is 27. The summed E-state index contributed by atoms with van der Waals surface area (Å²) < 4.78 is 31.5. The molecule has 0 aromatic rings. The molecule has 0 aliphatic carbocycles. The third kappa shape index (κ3) is 25.1. The molecule has 0 saturated heterocycles. The zero-order chi connectivity index (χ0) is 27.6. The lowest BCUT2D eigenvalue weighted by molar-refractivity contribution is -0.161. The van der Waals surface area contributed by atoms with Gasteiger partial charge >= 0.3 is 19.8 Å². The molecule has 0 heterocycles. The van der Waals surface area contributed by atoms with E-state index in [1.165, 1.54) is 77.0 Å². The molecule has 37 heavy (non-hydrogen) atoms. The van der Waals surface area contributed by atoms with Gasteiger partial charge in [-0.3, -0.25) is 18.6 Å². The van der Waals surface area contributed by atoms with Gasteiger partial charge < -0.3 is 14.4 Å². The van der Waals surface area contributed by atoms with Crippen LogP contribution in [0.1, 0.15) is 142 Å². The first-order valence-corrected chi connectivity index (χ1v) is 16.2. The van der Waals surface area contributed by atoms with Gasteiger partial charge in [0.1, 0.15) is 6.61 Å². The van der Waals surface area contributed by atoms with Crippen LogP contribution in [-0.4, -0.2) is 43.3 Å². The van der Waals surface area contributed by atoms with Crippen LogP contribution in [-0.2, 0) is 32.7 Å². The van der Waals surface area contributed by atoms with E-state index in [0.717, 1.165) is 45.6 Å². The second-order valence-corrected chi connectivity index (χ2v) is 11.5. The van der Waals surface area contributed by atoms with E-state index in [9.17, 15) is 19.0 Å². The van der Waals surface area contributed by atoms with Gasteiger partial charge in [0, 0.05) is 20.0 Å². The summed E-state index contributed by atoms with van der Waals surface area (Å²) in [4.78, 5) is 33.9. The van der Waals surface area contributed by atoms with E-state index in [-0.39, 0.29) is 19.0 Å². The number of hydrogen-bond donors (Lipinski definition) is 1. The second-order valence-electron chi connectivity index (χ2n) is 9.90. The first-order chi connectivity index (χ1) is 17.8. The normalized spacial score (nSPS) is 13.7. The van der Waals surface area contributed by atoms with Gasteiger partial charge in [-0.1, -0.05) is 117 Å². The summed E-state index contributed by atoms with van der Waals surface area (Å²) in [6.45, 7) is 3.81. The number of carbonyl (C=O) groups is 2. The van der Waals surface area contributed by atoms with E-state index in [0.29, 0.717) is 6.42 Å². The molecule has 0 bridgehead atoms. The smallest absolute Gasteiger partial charge is 0.462 e. The molecule has 0 amide bonds. The van der Waals surface area contributed by atoms with Crippen LogP contribution >= 0.6 is 7.82 Å². The lowest BCUT2D eigenvalue weighted by atomic mass is 10.1. The largest absolute Gasteiger partial charge is 0.472 e. The summed E-state index contributed by atoms with van der Waals surface area (Å²) >= 11 is 0. The van der Waals surface area contributed by atoms with Gasteiger partial charge in [-0.05, 0) is 12.8 Å². The van der Waals surface area contributed by atoms with Gasteiger partial charge in [-0.15, -0.1) is 0 Å². The molecule has 0 spiro atoms. The topological polar surface area (TPSA) is 108 Å². The van der Waals surface area contributed by atoms with Crippen molar-refractivity contribution in [3.63, 3.8) is 0 Å². The Hall–Kier alpha value is -0.950. The zero-order valence-electron chi connectivity index (χ0n) is 23.9. The highest BCUT2D eigenvalue weighted by Crippen LogP contribution is 2.42. The number of carbonyl (C=O) groups excluding carboxylic acids is 2. The van der Waals surface area contributed by atoms with Crippen molar-refractivity contribution in [1.82, 2.24) is 0 Å². The highest BCUT2D eigenvalue weighted by atomic mass is 31.2. The Morgan fingerprint density at radius 2 is 1.05 bits per heavy atom. The molecule has 0 aromatic carbocycles. The van der Waals surface area contributed by atoms with Gasteiger partial charge in [0.15, 0.2) is 6.10 Å². The van der Waals surface area contributed by atoms with E-state index >= 15 is 0 Å². The van der Waals surface area contributed by atoms with E-state index in [1.807, 2.05) is 0 Å². The van der Waals surface area contributed by atoms with Crippen LogP contribution in [0.3, 0.4) is 0 Å². The van der Waals surface area contributed by atoms with Crippen molar-refractivity contribution in [2.75, 3.05) is 20.3 Å². The van der Waals surface area contributed by atoms with Gasteiger partial charge in [0.2, 0.25) is 0 Å². The number of phosphoric acid groups is 1. The Bertz CT molecular complexity index is 599. The van der Waals surface area contributed by atoms with Crippen molar-refractivity contribution in [2.24, 2.45) is 0 Å². The summed E-state index contributed by atoms with van der Waals surface area (Å²) in [5.41, 5.74) is 0. The van der Waals surface area contributed by atoms with Crippen molar-refractivity contribution in [3.8, 4) is 0 Å². The van der Waals surface area contributed by atoms with Gasteiger partial charge in [-0.2, -0.15) is 0 Å². The number of unbranched alkanes of at least 4 members (excludes halogenated alkanes) is 16. The molecular formula is C28H55O8P. The van der Waals surface area contributed by atoms with Crippen LogP contribution in [0, 0.1) is 0 Å². The first kappa shape index (κ1) is 36.0. The number of ether oxygens (including phenoxy) is 2. The number of phosphoric ester groups is 1. The van der Waals surface area contributed by atoms with Gasteiger partial charge in [-0.25, -0.2) is 4.57 Å². The fourth-order valence-corrected chi connectivity index (χ4v) is 4.47. The maximum absolute atomic E-state index is 12.3. The molecule has 0 saturated carbocycles. The van der Waals surface area contributed by atoms with Gasteiger partial charge in [0.05, 0.1) is 6.61 Å². The summed E-state index contributed by atoms with van der Waals surface area (Å²) in [6, 6.07) is 0. The Labute approximate surface area is 226 Å². The molecule has 0 aliphatic heterocycles. The van der Waals surface area contributed by atoms with Crippen molar-refractivity contribution in [2.45, 2.75) is 148 Å². The number of hydrogen-bond acceptors (Lipinski definition) is 7. The third-order valence-corrected chi connectivity index (χ3v) is 7.29. The minimum absolute atomic E-state index is 0.219. The quantitative estimate of drug-likeness (QED) is 0.0622. The Morgan fingerprint density at radius 3 is 1.49 bits per heavy atom. The first-order valence-electron chi connectivity index (χ1n) is 14.7. The highest BCUT2D eigenvalue weighted by Gasteiger charge is 2.24. The molecule has 8 nitrogen and oxygen atoms in total. The molecule has 220 valence electrons. The molecule has 2 unspecified atom stereocenters. The van der Waals surface area contributed by atoms with Gasteiger partial charge in [0.25, 0.3) is 0 Å². The van der Waals surface area contributed by atoms with Crippen LogP contribution in [0.25, 0.3) is 0 Å². The average molecular weight is 551 g/mol. The summed E-state index contributed by atoms with van der Waals surface area (Å²) in [6.07, 6.45) is 20.2. The van der Waals surface area contributed by atoms with E-state index in [1.54, 1.807) is 0 Å². The van der Waals surface area contributed by atoms with Crippen LogP contribution in [0.2, 0.25) is 0 Å². The van der Waals surface area contributed by atoms with Crippen LogP contribution < -0.4 is 0 Å². The van der Waals surface area contributed by atoms with E-state index in [2.05, 4.69) is 18.4 Å². The maximum Gasteiger partial charge on any atom is 0.472 e. The highest BCUT2D eigenvalue weighted by molar-refractivity contribution is 7.47. The zero-order valence-corrected chi connectivity index (χ0v) is 24.8. The lowest BCUT2D eigenvalue weighted by Crippen LogP contribution is -2.29. The molecule has 2 atom stereocenters. The standard InChI is InChI=1S/C28H55O8P/c1-4-6-8-10-12-14-16-18-20-22-27(29)34-24-26(25-35-37(31,32)33-3)36-28(30)23-21-19-17-15-13-11-9-7-5-2/h26H,4-25H2,1-3H3,(H,31,32). The molecular weight excluding hydrogens is 495 g/mol. The predicted molar refractivity (Wildman–Crippen MR) is 147 cm³/mol. The van der Waals surface area contributed by atoms with Crippen molar-refractivity contribution >= 4 is 19.8 Å². The van der Waals surface area contributed by atoms with Crippen LogP contribution in [0.15, 0.2) is 0 Å². The third-order valence-electron chi connectivity index (χ3n) is 6.35. The Kier molecular flexibility index (Phi) is 24.7. The monoisotopic (exact) mass is 550 g/mol. The molecule has 1 N–H and O–H groups in total. The minimum Gasteiger partial charge on any atom is -0.462 e. The Balaban J connectivity index is 4.18. The molecule has 9 heteroatoms. The SMILES string of the molecule is CCCCCCCCCCCC(=O)OCC(COP(=O)(O)OC)OC(=O)CCCCCCCCCCC. The summed E-state index contributed by atoms with van der Waals surface area (Å²) in [7, 11) is -3.18. The fraction of sp³-hybridized carbons (Fsp3) is 0.929. The van der Waals surface area contributed by atoms with Crippen LogP contribution in [0.4, 0.5) is 0 Å². The van der Waals surface area contributed by atoms with E-state index in [4.69, 9.17) is 14.0 Å². The van der Waals surface area contributed by atoms with Crippen molar-refractivity contribution in [3.05, 3.63) is 0 Å². The molecule has 0 rings (SSSR count). The average Bonchev–Trinajstić information content (AvgIpc) is 2.88. The molecule has 0 aliphatic rings. The summed E-state index contributed by atoms with van der Waals surface area (Å²) in [5.74, 6) is -0.807. The molecule has 0 aromatic heterocycles. The fourth-order valence-electron chi connectivity index (χ4n) is 4.01. The molecule has 0 fully saturated rings.